The zero-order valence-corrected chi connectivity index (χ0v) is 15.7. The van der Waals surface area contributed by atoms with Crippen molar-refractivity contribution in [3.05, 3.63) is 52.5 Å². The Kier molecular flexibility index (Phi) is 4.32. The number of anilines is 2. The van der Waals surface area contributed by atoms with Crippen LogP contribution in [0.5, 0.6) is 5.75 Å². The van der Waals surface area contributed by atoms with Crippen LogP contribution >= 0.6 is 15.9 Å². The van der Waals surface area contributed by atoms with E-state index in [-0.39, 0.29) is 23.9 Å². The van der Waals surface area contributed by atoms with Crippen LogP contribution in [0.25, 0.3) is 0 Å². The fourth-order valence-corrected chi connectivity index (χ4v) is 4.00. The number of methoxy groups -OCH3 is 1. The number of carbonyl (C=O) groups excluding carboxylic acids is 2. The third-order valence-corrected chi connectivity index (χ3v) is 5.52. The molecule has 0 radical (unpaired) electrons. The number of para-hydroxylation sites is 2. The molecule has 4 rings (SSSR count). The quantitative estimate of drug-likeness (QED) is 0.808. The zero-order chi connectivity index (χ0) is 18.3. The van der Waals surface area contributed by atoms with Crippen LogP contribution in [-0.2, 0) is 4.79 Å². The van der Waals surface area contributed by atoms with E-state index in [0.29, 0.717) is 28.8 Å². The minimum absolute atomic E-state index is 0.0250. The van der Waals surface area contributed by atoms with Crippen molar-refractivity contribution >= 4 is 39.1 Å². The largest absolute Gasteiger partial charge is 0.497 e. The van der Waals surface area contributed by atoms with E-state index in [1.807, 2.05) is 24.3 Å². The molecular formula is C19H18BrN3O3. The number of rotatable bonds is 3. The number of nitrogens with zero attached hydrogens (tertiary/aromatic N) is 1. The zero-order valence-electron chi connectivity index (χ0n) is 14.2. The van der Waals surface area contributed by atoms with Gasteiger partial charge in [-0.1, -0.05) is 12.1 Å². The molecule has 0 aliphatic carbocycles. The molecule has 2 aliphatic heterocycles. The van der Waals surface area contributed by atoms with Gasteiger partial charge in [0, 0.05) is 17.1 Å². The minimum atomic E-state index is -0.260. The van der Waals surface area contributed by atoms with Gasteiger partial charge in [-0.15, -0.1) is 0 Å². The molecule has 2 aromatic carbocycles. The van der Waals surface area contributed by atoms with Gasteiger partial charge in [-0.3, -0.25) is 9.59 Å². The Labute approximate surface area is 159 Å². The Hall–Kier alpha value is -2.54. The highest BCUT2D eigenvalue weighted by Gasteiger charge is 2.41. The Morgan fingerprint density at radius 1 is 1.31 bits per heavy atom. The predicted octanol–water partition coefficient (Wildman–Crippen LogP) is 2.79. The van der Waals surface area contributed by atoms with Crippen molar-refractivity contribution in [3.63, 3.8) is 0 Å². The summed E-state index contributed by atoms with van der Waals surface area (Å²) in [5, 5.41) is 5.99. The fraction of sp³-hybridized carbons (Fsp3) is 0.263. The Morgan fingerprint density at radius 2 is 2.12 bits per heavy atom. The average Bonchev–Trinajstić information content (AvgIpc) is 3.07. The lowest BCUT2D eigenvalue weighted by Crippen LogP contribution is -2.44. The van der Waals surface area contributed by atoms with Crippen molar-refractivity contribution in [2.24, 2.45) is 0 Å². The molecule has 2 atom stereocenters. The predicted molar refractivity (Wildman–Crippen MR) is 103 cm³/mol. The van der Waals surface area contributed by atoms with Crippen molar-refractivity contribution in [3.8, 4) is 5.75 Å². The summed E-state index contributed by atoms with van der Waals surface area (Å²) in [6, 6.07) is 12.6. The minimum Gasteiger partial charge on any atom is -0.497 e. The molecule has 0 spiro atoms. The lowest BCUT2D eigenvalue weighted by atomic mass is 10.1. The average molecular weight is 416 g/mol. The van der Waals surface area contributed by atoms with Crippen LogP contribution in [0.1, 0.15) is 16.8 Å². The first kappa shape index (κ1) is 16.9. The van der Waals surface area contributed by atoms with Gasteiger partial charge < -0.3 is 20.3 Å². The van der Waals surface area contributed by atoms with Crippen molar-refractivity contribution in [2.75, 3.05) is 23.9 Å². The first-order chi connectivity index (χ1) is 12.6. The van der Waals surface area contributed by atoms with E-state index in [4.69, 9.17) is 4.74 Å². The van der Waals surface area contributed by atoms with Crippen LogP contribution in [0.4, 0.5) is 11.4 Å². The van der Waals surface area contributed by atoms with Gasteiger partial charge in [0.15, 0.2) is 0 Å². The SMILES string of the molecule is COc1ccc(Br)c(C(=O)N[C@H]2C[C@@H]3C(=O)Nc4ccccc4N3C2)c1. The van der Waals surface area contributed by atoms with Crippen LogP contribution in [0.3, 0.4) is 0 Å². The molecule has 2 heterocycles. The summed E-state index contributed by atoms with van der Waals surface area (Å²) < 4.78 is 5.90. The number of nitrogens with one attached hydrogen (secondary N) is 2. The van der Waals surface area contributed by atoms with E-state index >= 15 is 0 Å². The first-order valence-corrected chi connectivity index (χ1v) is 9.17. The van der Waals surface area contributed by atoms with Gasteiger partial charge in [0.2, 0.25) is 5.91 Å². The molecule has 0 bridgehead atoms. The topological polar surface area (TPSA) is 70.7 Å². The smallest absolute Gasteiger partial charge is 0.252 e. The summed E-state index contributed by atoms with van der Waals surface area (Å²) in [4.78, 5) is 27.2. The van der Waals surface area contributed by atoms with E-state index in [0.717, 1.165) is 11.4 Å². The molecule has 1 saturated heterocycles. The summed E-state index contributed by atoms with van der Waals surface area (Å²) in [5.41, 5.74) is 2.33. The molecule has 0 unspecified atom stereocenters. The summed E-state index contributed by atoms with van der Waals surface area (Å²) in [7, 11) is 1.57. The van der Waals surface area contributed by atoms with Crippen molar-refractivity contribution in [2.45, 2.75) is 18.5 Å². The summed E-state index contributed by atoms with van der Waals surface area (Å²) >= 11 is 3.41. The van der Waals surface area contributed by atoms with E-state index in [9.17, 15) is 9.59 Å². The van der Waals surface area contributed by atoms with Gasteiger partial charge in [0.05, 0.1) is 24.0 Å². The van der Waals surface area contributed by atoms with Crippen LogP contribution in [-0.4, -0.2) is 37.6 Å². The van der Waals surface area contributed by atoms with Crippen LogP contribution in [0.15, 0.2) is 46.9 Å². The molecule has 1 fully saturated rings. The highest BCUT2D eigenvalue weighted by molar-refractivity contribution is 9.10. The molecule has 6 nitrogen and oxygen atoms in total. The standard InChI is InChI=1S/C19H18BrN3O3/c1-26-12-6-7-14(20)13(9-12)18(24)21-11-8-17-19(25)22-15-4-2-3-5-16(15)23(17)10-11/h2-7,9,11,17H,8,10H2,1H3,(H,21,24)(H,22,25)/t11-,17+/m0/s1. The normalized spacial score (nSPS) is 20.8. The molecule has 0 saturated carbocycles. The van der Waals surface area contributed by atoms with E-state index in [2.05, 4.69) is 31.5 Å². The number of ether oxygens (including phenoxy) is 1. The number of halogens is 1. The Morgan fingerprint density at radius 3 is 2.92 bits per heavy atom. The van der Waals surface area contributed by atoms with E-state index < -0.39 is 0 Å². The van der Waals surface area contributed by atoms with Crippen LogP contribution < -0.4 is 20.3 Å². The molecule has 2 aromatic rings. The van der Waals surface area contributed by atoms with Gasteiger partial charge in [0.1, 0.15) is 11.8 Å². The van der Waals surface area contributed by atoms with Crippen molar-refractivity contribution in [1.82, 2.24) is 5.32 Å². The van der Waals surface area contributed by atoms with Gasteiger partial charge in [-0.05, 0) is 52.7 Å². The van der Waals surface area contributed by atoms with Gasteiger partial charge in [-0.25, -0.2) is 0 Å². The summed E-state index contributed by atoms with van der Waals surface area (Å²) in [6.07, 6.45) is 0.577. The maximum atomic E-state index is 12.7. The molecule has 26 heavy (non-hydrogen) atoms. The van der Waals surface area contributed by atoms with Gasteiger partial charge >= 0.3 is 0 Å². The lowest BCUT2D eigenvalue weighted by Gasteiger charge is -2.32. The second-order valence-corrected chi connectivity index (χ2v) is 7.28. The molecular weight excluding hydrogens is 398 g/mol. The maximum absolute atomic E-state index is 12.7. The number of benzene rings is 2. The number of hydrogen-bond donors (Lipinski definition) is 2. The fourth-order valence-electron chi connectivity index (χ4n) is 3.57. The van der Waals surface area contributed by atoms with Crippen LogP contribution in [0, 0.1) is 0 Å². The third kappa shape index (κ3) is 2.92. The molecule has 2 amide bonds. The molecule has 7 heteroatoms. The maximum Gasteiger partial charge on any atom is 0.252 e. The number of hydrogen-bond acceptors (Lipinski definition) is 4. The highest BCUT2D eigenvalue weighted by atomic mass is 79.9. The third-order valence-electron chi connectivity index (χ3n) is 4.83. The van der Waals surface area contributed by atoms with Gasteiger partial charge in [0.25, 0.3) is 5.91 Å². The van der Waals surface area contributed by atoms with Crippen molar-refractivity contribution in [1.29, 1.82) is 0 Å². The van der Waals surface area contributed by atoms with E-state index in [1.54, 1.807) is 25.3 Å². The summed E-state index contributed by atoms with van der Waals surface area (Å²) in [6.45, 7) is 0.600. The Bertz CT molecular complexity index is 886. The molecule has 134 valence electrons. The monoisotopic (exact) mass is 415 g/mol. The second-order valence-electron chi connectivity index (χ2n) is 6.43. The number of amides is 2. The highest BCUT2D eigenvalue weighted by Crippen LogP contribution is 2.36. The van der Waals surface area contributed by atoms with E-state index in [1.165, 1.54) is 0 Å². The molecule has 0 aromatic heterocycles. The van der Waals surface area contributed by atoms with Gasteiger partial charge in [-0.2, -0.15) is 0 Å². The molecule has 2 N–H and O–H groups in total. The first-order valence-electron chi connectivity index (χ1n) is 8.38. The summed E-state index contributed by atoms with van der Waals surface area (Å²) in [5.74, 6) is 0.410. The van der Waals surface area contributed by atoms with Crippen molar-refractivity contribution < 1.29 is 14.3 Å². The molecule has 2 aliphatic rings. The second kappa shape index (κ2) is 6.64. The number of fused-ring (bicyclic) bond motifs is 3. The number of carbonyl (C=O) groups is 2. The Balaban J connectivity index is 1.53. The van der Waals surface area contributed by atoms with Crippen LogP contribution in [0.2, 0.25) is 0 Å². The lowest BCUT2D eigenvalue weighted by molar-refractivity contribution is -0.117.